The lowest BCUT2D eigenvalue weighted by molar-refractivity contribution is -0.137. The fraction of sp³-hybridized carbons (Fsp3) is 0.167. The van der Waals surface area contributed by atoms with Crippen molar-refractivity contribution in [3.05, 3.63) is 57.3 Å². The molecule has 5 nitrogen and oxygen atoms in total. The van der Waals surface area contributed by atoms with Crippen molar-refractivity contribution >= 4 is 29.1 Å². The van der Waals surface area contributed by atoms with Crippen LogP contribution in [0.3, 0.4) is 0 Å². The largest absolute Gasteiger partial charge is 0.416 e. The summed E-state index contributed by atoms with van der Waals surface area (Å²) in [6.45, 7) is 0.539. The number of halogens is 5. The van der Waals surface area contributed by atoms with Crippen LogP contribution < -0.4 is 5.32 Å². The second-order valence-electron chi connectivity index (χ2n) is 6.16. The van der Waals surface area contributed by atoms with E-state index in [1.807, 2.05) is 0 Å². The fourth-order valence-electron chi connectivity index (χ4n) is 3.01. The van der Waals surface area contributed by atoms with Gasteiger partial charge in [0.15, 0.2) is 5.82 Å². The molecular formula is C18H11Cl2F3N4O. The highest BCUT2D eigenvalue weighted by molar-refractivity contribution is 6.39. The van der Waals surface area contributed by atoms with Crippen LogP contribution in [0.25, 0.3) is 22.8 Å². The Kier molecular flexibility index (Phi) is 4.55. The molecule has 2 N–H and O–H groups in total. The second-order valence-corrected chi connectivity index (χ2v) is 6.97. The second kappa shape index (κ2) is 6.79. The minimum absolute atomic E-state index is 0.0817. The molecule has 1 amide bonds. The van der Waals surface area contributed by atoms with Gasteiger partial charge in [0.2, 0.25) is 0 Å². The van der Waals surface area contributed by atoms with E-state index in [0.717, 1.165) is 17.8 Å². The molecule has 1 aliphatic heterocycles. The van der Waals surface area contributed by atoms with Gasteiger partial charge in [-0.25, -0.2) is 9.97 Å². The van der Waals surface area contributed by atoms with Crippen LogP contribution in [-0.2, 0) is 12.6 Å². The maximum absolute atomic E-state index is 12.9. The Morgan fingerprint density at radius 1 is 1.11 bits per heavy atom. The van der Waals surface area contributed by atoms with Gasteiger partial charge >= 0.3 is 6.18 Å². The number of benzene rings is 1. The standard InChI is InChI=1S/C18H11Cl2F3N4O/c19-10-5-8(18(21,22)23)6-11(20)15(10)16-24-3-2-13(27-16)14-7-9-12(26-14)1-4-25-17(9)28/h2-3,5-7,26H,1,4H2,(H,25,28). The zero-order valence-corrected chi connectivity index (χ0v) is 15.5. The van der Waals surface area contributed by atoms with Crippen molar-refractivity contribution in [3.8, 4) is 22.8 Å². The van der Waals surface area contributed by atoms with E-state index in [1.54, 1.807) is 12.1 Å². The molecule has 0 radical (unpaired) electrons. The maximum Gasteiger partial charge on any atom is 0.416 e. The molecule has 1 aromatic carbocycles. The molecular weight excluding hydrogens is 416 g/mol. The topological polar surface area (TPSA) is 70.7 Å². The van der Waals surface area contributed by atoms with Crippen LogP contribution in [0.4, 0.5) is 13.2 Å². The van der Waals surface area contributed by atoms with Crippen LogP contribution >= 0.6 is 23.2 Å². The predicted octanol–water partition coefficient (Wildman–Crippen LogP) is 4.75. The third-order valence-corrected chi connectivity index (χ3v) is 4.93. The minimum Gasteiger partial charge on any atom is -0.356 e. The van der Waals surface area contributed by atoms with Gasteiger partial charge in [-0.15, -0.1) is 0 Å². The van der Waals surface area contributed by atoms with E-state index in [1.165, 1.54) is 6.20 Å². The molecule has 0 saturated carbocycles. The molecule has 0 saturated heterocycles. The van der Waals surface area contributed by atoms with Crippen LogP contribution in [0.2, 0.25) is 10.0 Å². The number of amides is 1. The number of nitrogens with zero attached hydrogens (tertiary/aromatic N) is 2. The van der Waals surface area contributed by atoms with Crippen LogP contribution in [0, 0.1) is 0 Å². The number of hydrogen-bond acceptors (Lipinski definition) is 3. The molecule has 0 unspecified atom stereocenters. The van der Waals surface area contributed by atoms with Gasteiger partial charge in [-0.2, -0.15) is 13.2 Å². The van der Waals surface area contributed by atoms with Gasteiger partial charge in [0.1, 0.15) is 0 Å². The van der Waals surface area contributed by atoms with Gasteiger partial charge in [-0.05, 0) is 24.3 Å². The highest BCUT2D eigenvalue weighted by atomic mass is 35.5. The summed E-state index contributed by atoms with van der Waals surface area (Å²) in [6.07, 6.45) is -2.46. The average molecular weight is 427 g/mol. The van der Waals surface area contributed by atoms with Crippen molar-refractivity contribution in [2.45, 2.75) is 12.6 Å². The first kappa shape index (κ1) is 18.8. The number of aromatic amines is 1. The molecule has 3 heterocycles. The molecule has 28 heavy (non-hydrogen) atoms. The lowest BCUT2D eigenvalue weighted by Gasteiger charge is -2.12. The van der Waals surface area contributed by atoms with Gasteiger partial charge in [0, 0.05) is 24.9 Å². The van der Waals surface area contributed by atoms with E-state index >= 15 is 0 Å². The monoisotopic (exact) mass is 426 g/mol. The molecule has 3 aromatic rings. The molecule has 1 aliphatic rings. The molecule has 10 heteroatoms. The summed E-state index contributed by atoms with van der Waals surface area (Å²) in [5, 5.41) is 2.34. The number of nitrogens with one attached hydrogen (secondary N) is 2. The first-order chi connectivity index (χ1) is 13.2. The smallest absolute Gasteiger partial charge is 0.356 e. The Balaban J connectivity index is 1.77. The summed E-state index contributed by atoms with van der Waals surface area (Å²) < 4.78 is 38.8. The number of carbonyl (C=O) groups is 1. The number of carbonyl (C=O) groups excluding carboxylic acids is 1. The molecule has 0 fully saturated rings. The van der Waals surface area contributed by atoms with E-state index in [2.05, 4.69) is 20.3 Å². The molecule has 144 valence electrons. The zero-order valence-electron chi connectivity index (χ0n) is 14.0. The molecule has 0 spiro atoms. The summed E-state index contributed by atoms with van der Waals surface area (Å²) in [5.41, 5.74) is 1.53. The van der Waals surface area contributed by atoms with E-state index in [4.69, 9.17) is 23.2 Å². The van der Waals surface area contributed by atoms with Gasteiger partial charge in [-0.1, -0.05) is 23.2 Å². The van der Waals surface area contributed by atoms with Crippen molar-refractivity contribution in [1.82, 2.24) is 20.3 Å². The van der Waals surface area contributed by atoms with E-state index in [0.29, 0.717) is 29.9 Å². The van der Waals surface area contributed by atoms with Crippen LogP contribution in [0.5, 0.6) is 0 Å². The molecule has 4 rings (SSSR count). The van der Waals surface area contributed by atoms with E-state index in [9.17, 15) is 18.0 Å². The highest BCUT2D eigenvalue weighted by Gasteiger charge is 2.32. The molecule has 0 aliphatic carbocycles. The van der Waals surface area contributed by atoms with Crippen molar-refractivity contribution in [3.63, 3.8) is 0 Å². The Hall–Kier alpha value is -2.58. The Labute approximate surface area is 166 Å². The number of fused-ring (bicyclic) bond motifs is 1. The molecule has 2 aromatic heterocycles. The third-order valence-electron chi connectivity index (χ3n) is 4.33. The average Bonchev–Trinajstić information content (AvgIpc) is 3.06. The van der Waals surface area contributed by atoms with E-state index in [-0.39, 0.29) is 27.3 Å². The van der Waals surface area contributed by atoms with Crippen molar-refractivity contribution in [2.24, 2.45) is 0 Å². The summed E-state index contributed by atoms with van der Waals surface area (Å²) in [6, 6.07) is 4.86. The lowest BCUT2D eigenvalue weighted by atomic mass is 10.1. The van der Waals surface area contributed by atoms with Crippen LogP contribution in [0.1, 0.15) is 21.6 Å². The first-order valence-corrected chi connectivity index (χ1v) is 8.90. The van der Waals surface area contributed by atoms with Crippen LogP contribution in [-0.4, -0.2) is 27.4 Å². The Morgan fingerprint density at radius 2 is 1.82 bits per heavy atom. The Morgan fingerprint density at radius 3 is 2.46 bits per heavy atom. The molecule has 0 bridgehead atoms. The number of alkyl halides is 3. The number of H-pyrrole nitrogens is 1. The quantitative estimate of drug-likeness (QED) is 0.620. The summed E-state index contributed by atoms with van der Waals surface area (Å²) in [4.78, 5) is 23.5. The summed E-state index contributed by atoms with van der Waals surface area (Å²) >= 11 is 12.1. The SMILES string of the molecule is O=C1NCCc2[nH]c(-c3ccnc(-c4c(Cl)cc(C(F)(F)F)cc4Cl)n3)cc21. The fourth-order valence-corrected chi connectivity index (χ4v) is 3.67. The van der Waals surface area contributed by atoms with Crippen molar-refractivity contribution in [2.75, 3.05) is 6.54 Å². The van der Waals surface area contributed by atoms with Gasteiger partial charge < -0.3 is 10.3 Å². The Bertz CT molecular complexity index is 1070. The van der Waals surface area contributed by atoms with Gasteiger partial charge in [0.05, 0.1) is 38.1 Å². The lowest BCUT2D eigenvalue weighted by Crippen LogP contribution is -2.31. The maximum atomic E-state index is 12.9. The van der Waals surface area contributed by atoms with Crippen LogP contribution in [0.15, 0.2) is 30.5 Å². The zero-order chi connectivity index (χ0) is 20.1. The minimum atomic E-state index is -4.57. The van der Waals surface area contributed by atoms with Gasteiger partial charge in [-0.3, -0.25) is 4.79 Å². The van der Waals surface area contributed by atoms with Gasteiger partial charge in [0.25, 0.3) is 5.91 Å². The van der Waals surface area contributed by atoms with Crippen molar-refractivity contribution in [1.29, 1.82) is 0 Å². The van der Waals surface area contributed by atoms with Crippen molar-refractivity contribution < 1.29 is 18.0 Å². The van der Waals surface area contributed by atoms with E-state index < -0.39 is 11.7 Å². The number of rotatable bonds is 2. The number of hydrogen-bond donors (Lipinski definition) is 2. The predicted molar refractivity (Wildman–Crippen MR) is 98.3 cm³/mol. The molecule has 0 atom stereocenters. The summed E-state index contributed by atoms with van der Waals surface area (Å²) in [7, 11) is 0. The normalized spacial score (nSPS) is 14.0. The third kappa shape index (κ3) is 3.33. The number of aromatic nitrogens is 3. The highest BCUT2D eigenvalue weighted by Crippen LogP contribution is 2.39. The summed E-state index contributed by atoms with van der Waals surface area (Å²) in [5.74, 6) is -0.0925. The first-order valence-electron chi connectivity index (χ1n) is 8.14.